The van der Waals surface area contributed by atoms with Crippen molar-refractivity contribution < 1.29 is 28.0 Å². The van der Waals surface area contributed by atoms with Gasteiger partial charge in [0, 0.05) is 0 Å². The normalized spacial score (nSPS) is 11.0. The summed E-state index contributed by atoms with van der Waals surface area (Å²) in [5, 5.41) is 19.2. The van der Waals surface area contributed by atoms with Gasteiger partial charge in [-0.2, -0.15) is 4.72 Å². The molecule has 0 radical (unpaired) electrons. The zero-order chi connectivity index (χ0) is 14.6. The molecule has 104 valence electrons. The van der Waals surface area contributed by atoms with Crippen molar-refractivity contribution in [3.05, 3.63) is 28.3 Å². The highest BCUT2D eigenvalue weighted by molar-refractivity contribution is 7.89. The molecule has 0 saturated carbocycles. The van der Waals surface area contributed by atoms with Crippen LogP contribution in [-0.4, -0.2) is 38.1 Å². The van der Waals surface area contributed by atoms with E-state index in [9.17, 15) is 23.3 Å². The van der Waals surface area contributed by atoms with E-state index in [4.69, 9.17) is 9.84 Å². The molecule has 2 N–H and O–H groups in total. The van der Waals surface area contributed by atoms with E-state index in [2.05, 4.69) is 0 Å². The highest BCUT2D eigenvalue weighted by atomic mass is 32.2. The molecule has 10 heteroatoms. The number of methoxy groups -OCH3 is 1. The topological polar surface area (TPSA) is 136 Å². The average Bonchev–Trinajstić information content (AvgIpc) is 2.35. The smallest absolute Gasteiger partial charge is 0.318 e. The van der Waals surface area contributed by atoms with Crippen LogP contribution in [0.5, 0.6) is 5.75 Å². The van der Waals surface area contributed by atoms with Gasteiger partial charge in [-0.1, -0.05) is 0 Å². The van der Waals surface area contributed by atoms with E-state index in [0.717, 1.165) is 12.1 Å². The summed E-state index contributed by atoms with van der Waals surface area (Å²) < 4.78 is 30.0. The molecule has 0 aliphatic heterocycles. The Bertz CT molecular complexity index is 611. The van der Waals surface area contributed by atoms with Crippen LogP contribution >= 0.6 is 0 Å². The molecule has 0 spiro atoms. The zero-order valence-electron chi connectivity index (χ0n) is 9.69. The molecule has 0 atom stereocenters. The molecule has 0 amide bonds. The molecule has 1 aromatic rings. The number of nitro benzene ring substituents is 1. The molecule has 0 fully saturated rings. The van der Waals surface area contributed by atoms with E-state index in [1.165, 1.54) is 13.2 Å². The van der Waals surface area contributed by atoms with Gasteiger partial charge >= 0.3 is 5.97 Å². The molecule has 0 bridgehead atoms. The number of nitrogens with zero attached hydrogens (tertiary/aromatic N) is 1. The van der Waals surface area contributed by atoms with Crippen LogP contribution in [0.1, 0.15) is 0 Å². The Morgan fingerprint density at radius 3 is 2.63 bits per heavy atom. The first-order chi connectivity index (χ1) is 8.77. The van der Waals surface area contributed by atoms with E-state index in [1.54, 1.807) is 4.72 Å². The van der Waals surface area contributed by atoms with E-state index in [-0.39, 0.29) is 5.75 Å². The predicted molar refractivity (Wildman–Crippen MR) is 62.5 cm³/mol. The molecule has 19 heavy (non-hydrogen) atoms. The van der Waals surface area contributed by atoms with E-state index >= 15 is 0 Å². The van der Waals surface area contributed by atoms with Crippen LogP contribution in [0, 0.1) is 10.1 Å². The van der Waals surface area contributed by atoms with Gasteiger partial charge in [0.1, 0.15) is 12.3 Å². The van der Waals surface area contributed by atoms with Crippen LogP contribution in [-0.2, 0) is 14.8 Å². The van der Waals surface area contributed by atoms with Crippen LogP contribution in [0.25, 0.3) is 0 Å². The number of hydrogen-bond acceptors (Lipinski definition) is 6. The Morgan fingerprint density at radius 2 is 2.16 bits per heavy atom. The fourth-order valence-corrected chi connectivity index (χ4v) is 2.35. The van der Waals surface area contributed by atoms with Crippen molar-refractivity contribution in [3.8, 4) is 5.75 Å². The summed E-state index contributed by atoms with van der Waals surface area (Å²) in [6.45, 7) is -0.870. The van der Waals surface area contributed by atoms with Gasteiger partial charge in [0.25, 0.3) is 5.69 Å². The Morgan fingerprint density at radius 1 is 1.53 bits per heavy atom. The highest BCUT2D eigenvalue weighted by Crippen LogP contribution is 2.27. The van der Waals surface area contributed by atoms with Crippen molar-refractivity contribution in [2.24, 2.45) is 0 Å². The summed E-state index contributed by atoms with van der Waals surface area (Å²) in [6.07, 6.45) is 0. The van der Waals surface area contributed by atoms with Crippen LogP contribution in [0.15, 0.2) is 23.1 Å². The first-order valence-electron chi connectivity index (χ1n) is 4.82. The van der Waals surface area contributed by atoms with Crippen molar-refractivity contribution in [1.29, 1.82) is 0 Å². The standard InChI is InChI=1S/C9H10N2O7S/c1-18-6-2-3-8(7(4-6)11(14)15)19(16,17)10-5-9(12)13/h2-4,10H,5H2,1H3,(H,12,13). The number of sulfonamides is 1. The third kappa shape index (κ3) is 3.63. The summed E-state index contributed by atoms with van der Waals surface area (Å²) in [7, 11) is -3.01. The largest absolute Gasteiger partial charge is 0.497 e. The third-order valence-electron chi connectivity index (χ3n) is 2.07. The number of aliphatic carboxylic acids is 1. The summed E-state index contributed by atoms with van der Waals surface area (Å²) >= 11 is 0. The highest BCUT2D eigenvalue weighted by Gasteiger charge is 2.26. The number of carbonyl (C=O) groups is 1. The van der Waals surface area contributed by atoms with Crippen LogP contribution < -0.4 is 9.46 Å². The minimum absolute atomic E-state index is 0.115. The molecule has 0 unspecified atom stereocenters. The zero-order valence-corrected chi connectivity index (χ0v) is 10.5. The maximum Gasteiger partial charge on any atom is 0.318 e. The van der Waals surface area contributed by atoms with Gasteiger partial charge < -0.3 is 9.84 Å². The monoisotopic (exact) mass is 290 g/mol. The predicted octanol–water partition coefficient (Wildman–Crippen LogP) is -0.0337. The molecule has 0 heterocycles. The van der Waals surface area contributed by atoms with Gasteiger partial charge in [-0.05, 0) is 12.1 Å². The van der Waals surface area contributed by atoms with Crippen molar-refractivity contribution >= 4 is 21.7 Å². The van der Waals surface area contributed by atoms with Crippen molar-refractivity contribution in [2.75, 3.05) is 13.7 Å². The van der Waals surface area contributed by atoms with Crippen molar-refractivity contribution in [1.82, 2.24) is 4.72 Å². The first kappa shape index (κ1) is 14.9. The number of carboxylic acids is 1. The minimum Gasteiger partial charge on any atom is -0.497 e. The lowest BCUT2D eigenvalue weighted by molar-refractivity contribution is -0.387. The Balaban J connectivity index is 3.25. The van der Waals surface area contributed by atoms with Gasteiger partial charge in [-0.3, -0.25) is 14.9 Å². The lowest BCUT2D eigenvalue weighted by Gasteiger charge is -2.06. The van der Waals surface area contributed by atoms with Gasteiger partial charge in [0.05, 0.1) is 18.1 Å². The number of carboxylic acid groups (broad SMARTS) is 1. The fraction of sp³-hybridized carbons (Fsp3) is 0.222. The first-order valence-corrected chi connectivity index (χ1v) is 6.30. The third-order valence-corrected chi connectivity index (χ3v) is 3.51. The Hall–Kier alpha value is -2.20. The van der Waals surface area contributed by atoms with Crippen molar-refractivity contribution in [2.45, 2.75) is 4.90 Å². The molecule has 9 nitrogen and oxygen atoms in total. The molecule has 0 aromatic heterocycles. The Labute approximate surface area is 108 Å². The number of rotatable bonds is 6. The van der Waals surface area contributed by atoms with Gasteiger partial charge in [0.2, 0.25) is 10.0 Å². The van der Waals surface area contributed by atoms with Crippen LogP contribution in [0.3, 0.4) is 0 Å². The second-order valence-electron chi connectivity index (χ2n) is 3.31. The molecule has 0 saturated heterocycles. The number of hydrogen-bond donors (Lipinski definition) is 2. The van der Waals surface area contributed by atoms with E-state index in [0.29, 0.717) is 0 Å². The quantitative estimate of drug-likeness (QED) is 0.554. The number of ether oxygens (including phenoxy) is 1. The lowest BCUT2D eigenvalue weighted by atomic mass is 10.3. The molecule has 1 aromatic carbocycles. The summed E-state index contributed by atoms with van der Waals surface area (Å²) in [5.74, 6) is -1.29. The molecule has 1 rings (SSSR count). The van der Waals surface area contributed by atoms with Crippen molar-refractivity contribution in [3.63, 3.8) is 0 Å². The van der Waals surface area contributed by atoms with Gasteiger partial charge in [0.15, 0.2) is 4.90 Å². The minimum atomic E-state index is -4.28. The average molecular weight is 290 g/mol. The molecule has 0 aliphatic rings. The van der Waals surface area contributed by atoms with E-state index in [1.807, 2.05) is 0 Å². The number of benzene rings is 1. The van der Waals surface area contributed by atoms with Gasteiger partial charge in [-0.15, -0.1) is 0 Å². The van der Waals surface area contributed by atoms with Gasteiger partial charge in [-0.25, -0.2) is 8.42 Å². The second kappa shape index (κ2) is 5.63. The maximum atomic E-state index is 11.7. The number of nitrogens with one attached hydrogen (secondary N) is 1. The van der Waals surface area contributed by atoms with E-state index < -0.39 is 38.0 Å². The SMILES string of the molecule is COc1ccc(S(=O)(=O)NCC(=O)O)c([N+](=O)[O-])c1. The summed E-state index contributed by atoms with van der Waals surface area (Å²) in [6, 6.07) is 3.14. The summed E-state index contributed by atoms with van der Waals surface area (Å²) in [4.78, 5) is 19.6. The lowest BCUT2D eigenvalue weighted by Crippen LogP contribution is -2.29. The molecular formula is C9H10N2O7S. The Kier molecular flexibility index (Phi) is 4.40. The molecular weight excluding hydrogens is 280 g/mol. The maximum absolute atomic E-state index is 11.7. The summed E-state index contributed by atoms with van der Waals surface area (Å²) in [5.41, 5.74) is -0.697. The second-order valence-corrected chi connectivity index (χ2v) is 5.04. The van der Waals surface area contributed by atoms with Crippen LogP contribution in [0.2, 0.25) is 0 Å². The molecule has 0 aliphatic carbocycles. The van der Waals surface area contributed by atoms with Crippen LogP contribution in [0.4, 0.5) is 5.69 Å². The fourth-order valence-electron chi connectivity index (χ4n) is 1.23. The number of nitro groups is 1.